The monoisotopic (exact) mass is 478 g/mol. The molecular formula is C26H27FN4O4. The van der Waals surface area contributed by atoms with Crippen LogP contribution in [0, 0.1) is 5.82 Å². The van der Waals surface area contributed by atoms with Gasteiger partial charge in [-0.05, 0) is 47.0 Å². The average Bonchev–Trinajstić information content (AvgIpc) is 3.24. The van der Waals surface area contributed by atoms with Crippen LogP contribution in [0.4, 0.5) is 14.9 Å². The lowest BCUT2D eigenvalue weighted by Crippen LogP contribution is -2.33. The molecule has 2 heterocycles. The Labute approximate surface area is 202 Å². The average molecular weight is 479 g/mol. The number of nitrogens with zero attached hydrogens (tertiary/aromatic N) is 2. The Morgan fingerprint density at radius 1 is 1.20 bits per heavy atom. The third-order valence-corrected chi connectivity index (χ3v) is 5.83. The van der Waals surface area contributed by atoms with E-state index >= 15 is 4.39 Å². The normalized spacial score (nSPS) is 16.1. The molecule has 2 amide bonds. The Morgan fingerprint density at radius 3 is 2.60 bits per heavy atom. The van der Waals surface area contributed by atoms with Crippen LogP contribution in [0.5, 0.6) is 0 Å². The second-order valence-corrected chi connectivity index (χ2v) is 8.31. The van der Waals surface area contributed by atoms with Gasteiger partial charge in [0.25, 0.3) is 0 Å². The molecule has 1 aromatic heterocycles. The number of pyridine rings is 1. The minimum atomic E-state index is -0.578. The molecular weight excluding hydrogens is 451 g/mol. The summed E-state index contributed by atoms with van der Waals surface area (Å²) in [5.74, 6) is -0.682. The zero-order valence-corrected chi connectivity index (χ0v) is 19.3. The van der Waals surface area contributed by atoms with Gasteiger partial charge in [-0.15, -0.1) is 0 Å². The molecule has 0 bridgehead atoms. The van der Waals surface area contributed by atoms with Gasteiger partial charge in [0.1, 0.15) is 11.9 Å². The third kappa shape index (κ3) is 6.00. The van der Waals surface area contributed by atoms with Crippen molar-refractivity contribution in [1.29, 1.82) is 0 Å². The van der Waals surface area contributed by atoms with E-state index in [1.54, 1.807) is 36.7 Å². The van der Waals surface area contributed by atoms with Crippen molar-refractivity contribution in [1.82, 2.24) is 15.6 Å². The summed E-state index contributed by atoms with van der Waals surface area (Å²) in [4.78, 5) is 28.6. The number of aliphatic hydroxyl groups is 1. The number of amides is 2. The van der Waals surface area contributed by atoms with Crippen LogP contribution in [0.2, 0.25) is 0 Å². The number of aliphatic hydroxyl groups excluding tert-OH is 1. The molecule has 0 aliphatic carbocycles. The Hall–Kier alpha value is -3.82. The maximum Gasteiger partial charge on any atom is 0.414 e. The fourth-order valence-electron chi connectivity index (χ4n) is 3.93. The van der Waals surface area contributed by atoms with E-state index < -0.39 is 18.0 Å². The lowest BCUT2D eigenvalue weighted by atomic mass is 10.00. The van der Waals surface area contributed by atoms with Gasteiger partial charge in [0.05, 0.1) is 31.4 Å². The van der Waals surface area contributed by atoms with Crippen molar-refractivity contribution in [3.63, 3.8) is 0 Å². The highest BCUT2D eigenvalue weighted by Crippen LogP contribution is 2.30. The molecule has 3 N–H and O–H groups in total. The summed E-state index contributed by atoms with van der Waals surface area (Å²) in [6.45, 7) is 2.31. The van der Waals surface area contributed by atoms with Crippen molar-refractivity contribution in [2.45, 2.75) is 25.6 Å². The third-order valence-electron chi connectivity index (χ3n) is 5.83. The molecule has 2 atom stereocenters. The van der Waals surface area contributed by atoms with E-state index in [0.717, 1.165) is 11.1 Å². The number of aromatic nitrogens is 1. The Kier molecular flexibility index (Phi) is 7.69. The number of carbonyl (C=O) groups excluding carboxylic acids is 2. The van der Waals surface area contributed by atoms with Crippen LogP contribution in [0.15, 0.2) is 67.0 Å². The largest absolute Gasteiger partial charge is 0.442 e. The van der Waals surface area contributed by atoms with Crippen molar-refractivity contribution in [2.75, 3.05) is 24.6 Å². The van der Waals surface area contributed by atoms with Crippen LogP contribution in [-0.2, 0) is 16.1 Å². The molecule has 1 aliphatic heterocycles. The van der Waals surface area contributed by atoms with Gasteiger partial charge in [-0.1, -0.05) is 24.3 Å². The van der Waals surface area contributed by atoms with Gasteiger partial charge < -0.3 is 20.5 Å². The summed E-state index contributed by atoms with van der Waals surface area (Å²) in [6, 6.07) is 15.5. The summed E-state index contributed by atoms with van der Waals surface area (Å²) < 4.78 is 20.3. The van der Waals surface area contributed by atoms with Crippen molar-refractivity contribution < 1.29 is 23.8 Å². The molecule has 1 aliphatic rings. The first kappa shape index (κ1) is 24.3. The quantitative estimate of drug-likeness (QED) is 0.437. The second kappa shape index (κ2) is 11.1. The minimum Gasteiger partial charge on any atom is -0.442 e. The Morgan fingerprint density at radius 2 is 1.94 bits per heavy atom. The molecule has 0 saturated carbocycles. The molecule has 1 fully saturated rings. The highest BCUT2D eigenvalue weighted by atomic mass is 19.1. The van der Waals surface area contributed by atoms with Gasteiger partial charge in [-0.2, -0.15) is 0 Å². The van der Waals surface area contributed by atoms with E-state index in [2.05, 4.69) is 15.6 Å². The zero-order valence-electron chi connectivity index (χ0n) is 19.3. The smallest absolute Gasteiger partial charge is 0.414 e. The van der Waals surface area contributed by atoms with Gasteiger partial charge in [-0.25, -0.2) is 9.18 Å². The molecule has 1 unspecified atom stereocenters. The number of ether oxygens (including phenoxy) is 1. The minimum absolute atomic E-state index is 0.0810. The summed E-state index contributed by atoms with van der Waals surface area (Å²) in [7, 11) is 0. The topological polar surface area (TPSA) is 104 Å². The SMILES string of the molecule is CC(=O)NC[C@H]1CN(c2ccc(-c3ccc(C(CO)NCc4ccncc4)cc3)c(F)c2)C(=O)O1. The lowest BCUT2D eigenvalue weighted by Gasteiger charge is -2.18. The van der Waals surface area contributed by atoms with Crippen LogP contribution >= 0.6 is 0 Å². The van der Waals surface area contributed by atoms with E-state index in [1.807, 2.05) is 24.3 Å². The number of nitrogens with one attached hydrogen (secondary N) is 2. The van der Waals surface area contributed by atoms with Gasteiger partial charge >= 0.3 is 6.09 Å². The van der Waals surface area contributed by atoms with E-state index in [0.29, 0.717) is 23.4 Å². The van der Waals surface area contributed by atoms with E-state index in [1.165, 1.54) is 17.9 Å². The first-order chi connectivity index (χ1) is 16.9. The van der Waals surface area contributed by atoms with Crippen LogP contribution in [-0.4, -0.2) is 47.9 Å². The highest BCUT2D eigenvalue weighted by Gasteiger charge is 2.32. The zero-order chi connectivity index (χ0) is 24.8. The first-order valence-electron chi connectivity index (χ1n) is 11.3. The summed E-state index contributed by atoms with van der Waals surface area (Å²) in [5.41, 5.74) is 3.40. The van der Waals surface area contributed by atoms with Crippen molar-refractivity contribution in [3.05, 3.63) is 83.9 Å². The maximum absolute atomic E-state index is 15.0. The number of hydrogen-bond donors (Lipinski definition) is 3. The predicted molar refractivity (Wildman–Crippen MR) is 129 cm³/mol. The van der Waals surface area contributed by atoms with Crippen LogP contribution in [0.25, 0.3) is 11.1 Å². The number of cyclic esters (lactones) is 1. The van der Waals surface area contributed by atoms with Crippen molar-refractivity contribution in [3.8, 4) is 11.1 Å². The lowest BCUT2D eigenvalue weighted by molar-refractivity contribution is -0.119. The summed E-state index contributed by atoms with van der Waals surface area (Å²) >= 11 is 0. The predicted octanol–water partition coefficient (Wildman–Crippen LogP) is 3.17. The molecule has 4 rings (SSSR count). The van der Waals surface area contributed by atoms with E-state index in [-0.39, 0.29) is 31.6 Å². The highest BCUT2D eigenvalue weighted by molar-refractivity contribution is 5.90. The van der Waals surface area contributed by atoms with Crippen molar-refractivity contribution >= 4 is 17.7 Å². The molecule has 182 valence electrons. The molecule has 0 radical (unpaired) electrons. The number of rotatable bonds is 9. The van der Waals surface area contributed by atoms with Gasteiger partial charge in [-0.3, -0.25) is 14.7 Å². The molecule has 8 nitrogen and oxygen atoms in total. The van der Waals surface area contributed by atoms with Gasteiger partial charge in [0.15, 0.2) is 0 Å². The standard InChI is InChI=1S/C26H27FN4O4/c1-17(33)29-14-22-15-31(26(34)35-22)21-6-7-23(24(27)12-21)19-2-4-20(5-3-19)25(16-32)30-13-18-8-10-28-11-9-18/h2-12,22,25,30,32H,13-16H2,1H3,(H,29,33)/t22-,25?/m0/s1. The molecule has 0 spiro atoms. The van der Waals surface area contributed by atoms with Crippen LogP contribution in [0.3, 0.4) is 0 Å². The Balaban J connectivity index is 1.43. The second-order valence-electron chi connectivity index (χ2n) is 8.31. The van der Waals surface area contributed by atoms with Gasteiger partial charge in [0.2, 0.25) is 5.91 Å². The van der Waals surface area contributed by atoms with Gasteiger partial charge in [0, 0.05) is 31.4 Å². The molecule has 35 heavy (non-hydrogen) atoms. The number of halogens is 1. The number of carbonyl (C=O) groups is 2. The van der Waals surface area contributed by atoms with Crippen LogP contribution < -0.4 is 15.5 Å². The molecule has 3 aromatic rings. The number of benzene rings is 2. The summed E-state index contributed by atoms with van der Waals surface area (Å²) in [6.07, 6.45) is 2.37. The number of anilines is 1. The number of hydrogen-bond acceptors (Lipinski definition) is 6. The molecule has 1 saturated heterocycles. The van der Waals surface area contributed by atoms with E-state index in [4.69, 9.17) is 4.74 Å². The summed E-state index contributed by atoms with van der Waals surface area (Å²) in [5, 5.41) is 15.8. The van der Waals surface area contributed by atoms with Crippen LogP contribution in [0.1, 0.15) is 24.1 Å². The fraction of sp³-hybridized carbons (Fsp3) is 0.269. The maximum atomic E-state index is 15.0. The molecule has 9 heteroatoms. The molecule has 2 aromatic carbocycles. The Bertz CT molecular complexity index is 1170. The fourth-order valence-corrected chi connectivity index (χ4v) is 3.93. The first-order valence-corrected chi connectivity index (χ1v) is 11.3. The van der Waals surface area contributed by atoms with E-state index in [9.17, 15) is 14.7 Å². The van der Waals surface area contributed by atoms with Crippen molar-refractivity contribution in [2.24, 2.45) is 0 Å².